The molecule has 0 atom stereocenters. The lowest BCUT2D eigenvalue weighted by Crippen LogP contribution is -2.47. The first-order chi connectivity index (χ1) is 15.2. The summed E-state index contributed by atoms with van der Waals surface area (Å²) in [7, 11) is -1.84. The third kappa shape index (κ3) is 4.86. The monoisotopic (exact) mass is 469 g/mol. The quantitative estimate of drug-likeness (QED) is 0.445. The molecule has 1 aromatic heterocycles. The van der Waals surface area contributed by atoms with Gasteiger partial charge in [-0.15, -0.1) is 0 Å². The van der Waals surface area contributed by atoms with Crippen molar-refractivity contribution in [1.82, 2.24) is 10.1 Å². The van der Waals surface area contributed by atoms with Crippen LogP contribution in [0.3, 0.4) is 0 Å². The van der Waals surface area contributed by atoms with E-state index in [0.29, 0.717) is 5.41 Å². The molecule has 2 bridgehead atoms. The van der Waals surface area contributed by atoms with Gasteiger partial charge in [-0.25, -0.2) is 0 Å². The second kappa shape index (κ2) is 8.14. The fourth-order valence-electron chi connectivity index (χ4n) is 5.01. The fourth-order valence-corrected chi connectivity index (χ4v) is 6.04. The van der Waals surface area contributed by atoms with Gasteiger partial charge in [-0.2, -0.15) is 4.98 Å². The van der Waals surface area contributed by atoms with Crippen molar-refractivity contribution in [2.75, 3.05) is 11.9 Å². The van der Waals surface area contributed by atoms with Crippen molar-refractivity contribution in [3.8, 4) is 5.75 Å². The number of anilines is 1. The van der Waals surface area contributed by atoms with Crippen LogP contribution in [0.25, 0.3) is 0 Å². The molecule has 182 valence electrons. The summed E-state index contributed by atoms with van der Waals surface area (Å²) >= 11 is 0. The van der Waals surface area contributed by atoms with Crippen LogP contribution >= 0.6 is 0 Å². The Labute approximate surface area is 201 Å². The zero-order valence-electron chi connectivity index (χ0n) is 22.0. The highest BCUT2D eigenvalue weighted by atomic mass is 28.4. The summed E-state index contributed by atoms with van der Waals surface area (Å²) in [6, 6.07) is 8.55. The molecule has 1 aromatic carbocycles. The van der Waals surface area contributed by atoms with Crippen molar-refractivity contribution in [3.63, 3.8) is 0 Å². The summed E-state index contributed by atoms with van der Waals surface area (Å²) in [5.74, 6) is 2.70. The second-order valence-corrected chi connectivity index (χ2v) is 17.9. The molecule has 0 aliphatic heterocycles. The van der Waals surface area contributed by atoms with Gasteiger partial charge in [0.2, 0.25) is 14.2 Å². The van der Waals surface area contributed by atoms with E-state index in [4.69, 9.17) is 13.9 Å². The average molecular weight is 470 g/mol. The lowest BCUT2D eigenvalue weighted by atomic mass is 9.53. The summed E-state index contributed by atoms with van der Waals surface area (Å²) < 4.78 is 12.2. The highest BCUT2D eigenvalue weighted by molar-refractivity contribution is 6.74. The largest absolute Gasteiger partial charge is 0.543 e. The van der Waals surface area contributed by atoms with Crippen LogP contribution in [0.1, 0.15) is 91.8 Å². The first kappa shape index (κ1) is 24.3. The molecule has 0 unspecified atom stereocenters. The van der Waals surface area contributed by atoms with Crippen LogP contribution in [0.5, 0.6) is 5.75 Å². The van der Waals surface area contributed by atoms with Crippen LogP contribution < -0.4 is 9.74 Å². The predicted molar refractivity (Wildman–Crippen MR) is 138 cm³/mol. The smallest absolute Gasteiger partial charge is 0.250 e. The van der Waals surface area contributed by atoms with Crippen molar-refractivity contribution in [3.05, 3.63) is 36.0 Å². The lowest BCUT2D eigenvalue weighted by molar-refractivity contribution is 0.0445. The van der Waals surface area contributed by atoms with Crippen molar-refractivity contribution < 1.29 is 8.95 Å². The Kier molecular flexibility index (Phi) is 6.00. The molecule has 2 aromatic rings. The number of fused-ring (bicyclic) bond motifs is 3. The maximum atomic E-state index is 6.52. The Morgan fingerprint density at radius 3 is 2.18 bits per heavy atom. The van der Waals surface area contributed by atoms with E-state index < -0.39 is 8.32 Å². The van der Waals surface area contributed by atoms with Crippen LogP contribution in [0, 0.1) is 5.41 Å². The van der Waals surface area contributed by atoms with Crippen LogP contribution in [0.2, 0.25) is 18.1 Å². The van der Waals surface area contributed by atoms with Gasteiger partial charge in [0.25, 0.3) is 0 Å². The highest BCUT2D eigenvalue weighted by Gasteiger charge is 2.51. The molecule has 0 saturated heterocycles. The molecular weight excluding hydrogens is 426 g/mol. The van der Waals surface area contributed by atoms with Gasteiger partial charge in [0.1, 0.15) is 5.75 Å². The van der Waals surface area contributed by atoms with Crippen LogP contribution in [0.15, 0.2) is 28.8 Å². The fraction of sp³-hybridized carbons (Fsp3) is 0.704. The van der Waals surface area contributed by atoms with Gasteiger partial charge in [0.05, 0.1) is 0 Å². The average Bonchev–Trinajstić information content (AvgIpc) is 3.25. The molecule has 5 rings (SSSR count). The van der Waals surface area contributed by atoms with Gasteiger partial charge < -0.3 is 14.3 Å². The topological polar surface area (TPSA) is 60.2 Å². The minimum atomic E-state index is -1.84. The molecule has 6 heteroatoms. The molecule has 3 aliphatic rings. The van der Waals surface area contributed by atoms with E-state index in [1.807, 2.05) is 0 Å². The van der Waals surface area contributed by atoms with Crippen LogP contribution in [-0.2, 0) is 10.8 Å². The molecule has 3 fully saturated rings. The number of aromatic nitrogens is 2. The van der Waals surface area contributed by atoms with Gasteiger partial charge in [-0.05, 0) is 74.2 Å². The van der Waals surface area contributed by atoms with Crippen molar-refractivity contribution in [1.29, 1.82) is 0 Å². The summed E-state index contributed by atoms with van der Waals surface area (Å²) in [5, 5.41) is 8.38. The minimum Gasteiger partial charge on any atom is -0.543 e. The van der Waals surface area contributed by atoms with E-state index in [-0.39, 0.29) is 15.9 Å². The van der Waals surface area contributed by atoms with Crippen molar-refractivity contribution in [2.45, 2.75) is 109 Å². The number of hydrogen-bond donors (Lipinski definition) is 1. The number of benzene rings is 1. The van der Waals surface area contributed by atoms with Gasteiger partial charge in [-0.3, -0.25) is 0 Å². The normalized spacial score (nSPS) is 25.8. The van der Waals surface area contributed by atoms with E-state index in [1.54, 1.807) is 0 Å². The molecule has 1 N–H and O–H groups in total. The molecule has 1 heterocycles. The third-order valence-electron chi connectivity index (χ3n) is 8.62. The van der Waals surface area contributed by atoms with E-state index in [2.05, 4.69) is 89.4 Å². The zero-order valence-corrected chi connectivity index (χ0v) is 23.0. The minimum absolute atomic E-state index is 0.0955. The summed E-state index contributed by atoms with van der Waals surface area (Å²) in [5.41, 5.74) is 1.55. The summed E-state index contributed by atoms with van der Waals surface area (Å²) in [4.78, 5) is 4.84. The lowest BCUT2D eigenvalue weighted by Gasteiger charge is -2.52. The van der Waals surface area contributed by atoms with Crippen LogP contribution in [-0.4, -0.2) is 25.0 Å². The maximum Gasteiger partial charge on any atom is 0.250 e. The highest BCUT2D eigenvalue weighted by Crippen LogP contribution is 2.57. The number of hydrogen-bond acceptors (Lipinski definition) is 5. The summed E-state index contributed by atoms with van der Waals surface area (Å²) in [6.07, 6.45) is 7.14. The van der Waals surface area contributed by atoms with Gasteiger partial charge in [0.15, 0.2) is 5.82 Å². The number of nitrogens with zero attached hydrogens (tertiary/aromatic N) is 2. The second-order valence-electron chi connectivity index (χ2n) is 13.2. The molecule has 3 aliphatic carbocycles. The van der Waals surface area contributed by atoms with E-state index >= 15 is 0 Å². The standard InChI is InChI=1S/C27H43N3O2Si/c1-24(2,3)23-29-22(30-31-23)27-15-12-26(13-16-27,14-17-27)19-28-20-10-9-11-21(18-20)32-33(7,8)25(4,5)6/h9-11,18,28H,12-17,19H2,1-8H3. The molecular formula is C27H43N3O2Si. The Morgan fingerprint density at radius 2 is 1.64 bits per heavy atom. The first-order valence-corrected chi connectivity index (χ1v) is 15.5. The Hall–Kier alpha value is -1.82. The summed E-state index contributed by atoms with van der Waals surface area (Å²) in [6.45, 7) is 18.9. The molecule has 0 spiro atoms. The third-order valence-corrected chi connectivity index (χ3v) is 13.0. The van der Waals surface area contributed by atoms with Crippen molar-refractivity contribution >= 4 is 14.0 Å². The van der Waals surface area contributed by atoms with Crippen molar-refractivity contribution in [2.24, 2.45) is 5.41 Å². The van der Waals surface area contributed by atoms with Crippen LogP contribution in [0.4, 0.5) is 5.69 Å². The molecule has 3 saturated carbocycles. The van der Waals surface area contributed by atoms with Gasteiger partial charge in [-0.1, -0.05) is 52.8 Å². The van der Waals surface area contributed by atoms with E-state index in [0.717, 1.165) is 49.0 Å². The molecule has 0 amide bonds. The van der Waals surface area contributed by atoms with Gasteiger partial charge >= 0.3 is 0 Å². The number of rotatable bonds is 6. The SMILES string of the molecule is CC(C)(C)c1nc(C23CCC(CNc4cccc(O[Si](C)(C)C(C)(C)C)c4)(CC2)CC3)no1. The predicted octanol–water partition coefficient (Wildman–Crippen LogP) is 7.46. The zero-order chi connectivity index (χ0) is 24.1. The Morgan fingerprint density at radius 1 is 1.00 bits per heavy atom. The van der Waals surface area contributed by atoms with Gasteiger partial charge in [0, 0.05) is 29.1 Å². The van der Waals surface area contributed by atoms with E-state index in [1.165, 1.54) is 19.3 Å². The molecule has 5 nitrogen and oxygen atoms in total. The Balaban J connectivity index is 1.38. The Bertz CT molecular complexity index is 959. The maximum absolute atomic E-state index is 6.52. The first-order valence-electron chi connectivity index (χ1n) is 12.6. The molecule has 33 heavy (non-hydrogen) atoms. The molecule has 0 radical (unpaired) electrons. The number of nitrogens with one attached hydrogen (secondary N) is 1. The van der Waals surface area contributed by atoms with E-state index in [9.17, 15) is 0 Å².